The van der Waals surface area contributed by atoms with Crippen LogP contribution in [-0.4, -0.2) is 36.2 Å². The number of hydrogen-bond donors (Lipinski definition) is 1. The molecule has 0 radical (unpaired) electrons. The van der Waals surface area contributed by atoms with Crippen molar-refractivity contribution in [3.63, 3.8) is 0 Å². The molecule has 0 saturated carbocycles. The van der Waals surface area contributed by atoms with Gasteiger partial charge in [0.15, 0.2) is 5.72 Å². The molecule has 3 aliphatic heterocycles. The average Bonchev–Trinajstić information content (AvgIpc) is 2.87. The second-order valence-corrected chi connectivity index (χ2v) is 9.52. The van der Waals surface area contributed by atoms with Gasteiger partial charge in [-0.1, -0.05) is 30.3 Å². The summed E-state index contributed by atoms with van der Waals surface area (Å²) in [5.74, 6) is 1.40. The maximum Gasteiger partial charge on any atom is 0.325 e. The molecule has 3 aromatic rings. The Balaban J connectivity index is 1.29. The van der Waals surface area contributed by atoms with Gasteiger partial charge in [0.2, 0.25) is 0 Å². The van der Waals surface area contributed by atoms with Crippen LogP contribution in [0, 0.1) is 0 Å². The Kier molecular flexibility index (Phi) is 4.95. The van der Waals surface area contributed by atoms with Crippen molar-refractivity contribution in [1.29, 1.82) is 0 Å². The predicted octanol–water partition coefficient (Wildman–Crippen LogP) is 4.66. The van der Waals surface area contributed by atoms with Gasteiger partial charge in [-0.15, -0.1) is 0 Å². The second kappa shape index (κ2) is 8.05. The number of urea groups is 1. The molecule has 35 heavy (non-hydrogen) atoms. The van der Waals surface area contributed by atoms with Gasteiger partial charge in [-0.2, -0.15) is 0 Å². The standard InChI is InChI=1S/C28H27N3O4/c1-28-16-24(23-15-22(34-2)10-11-25(23)35-28)29-27(33)31(28)21-9-5-8-19(14-21)26(32)30-13-12-18-6-3-4-7-20(18)17-30/h3-11,14-15,24H,12-13,16-17H2,1-2H3,(H,29,33). The smallest absolute Gasteiger partial charge is 0.325 e. The van der Waals surface area contributed by atoms with E-state index in [1.165, 1.54) is 11.1 Å². The monoisotopic (exact) mass is 469 g/mol. The highest BCUT2D eigenvalue weighted by Crippen LogP contribution is 2.46. The fourth-order valence-electron chi connectivity index (χ4n) is 5.50. The van der Waals surface area contributed by atoms with Gasteiger partial charge in [0.25, 0.3) is 5.91 Å². The predicted molar refractivity (Wildman–Crippen MR) is 132 cm³/mol. The molecule has 0 spiro atoms. The molecule has 3 aromatic carbocycles. The summed E-state index contributed by atoms with van der Waals surface area (Å²) in [6.07, 6.45) is 1.41. The second-order valence-electron chi connectivity index (χ2n) is 9.52. The Morgan fingerprint density at radius 3 is 2.74 bits per heavy atom. The molecule has 3 heterocycles. The van der Waals surface area contributed by atoms with Crippen molar-refractivity contribution in [3.8, 4) is 11.5 Å². The van der Waals surface area contributed by atoms with Gasteiger partial charge >= 0.3 is 6.03 Å². The van der Waals surface area contributed by atoms with Crippen LogP contribution in [0.25, 0.3) is 0 Å². The molecule has 3 aliphatic rings. The number of nitrogens with one attached hydrogen (secondary N) is 1. The molecule has 1 fully saturated rings. The van der Waals surface area contributed by atoms with Crippen molar-refractivity contribution in [2.24, 2.45) is 0 Å². The average molecular weight is 470 g/mol. The number of nitrogens with zero attached hydrogens (tertiary/aromatic N) is 2. The quantitative estimate of drug-likeness (QED) is 0.606. The van der Waals surface area contributed by atoms with E-state index in [-0.39, 0.29) is 18.0 Å². The Hall–Kier alpha value is -4.00. The van der Waals surface area contributed by atoms with Crippen LogP contribution in [-0.2, 0) is 13.0 Å². The van der Waals surface area contributed by atoms with E-state index in [1.54, 1.807) is 18.1 Å². The molecule has 1 saturated heterocycles. The summed E-state index contributed by atoms with van der Waals surface area (Å²) >= 11 is 0. The number of fused-ring (bicyclic) bond motifs is 5. The van der Waals surface area contributed by atoms with Crippen LogP contribution in [0.5, 0.6) is 11.5 Å². The molecule has 2 unspecified atom stereocenters. The fourth-order valence-corrected chi connectivity index (χ4v) is 5.50. The van der Waals surface area contributed by atoms with Crippen molar-refractivity contribution in [2.75, 3.05) is 18.6 Å². The van der Waals surface area contributed by atoms with Crippen molar-refractivity contribution < 1.29 is 19.1 Å². The Labute approximate surface area is 204 Å². The first-order valence-corrected chi connectivity index (χ1v) is 11.9. The summed E-state index contributed by atoms with van der Waals surface area (Å²) in [4.78, 5) is 30.2. The molecule has 1 N–H and O–H groups in total. The van der Waals surface area contributed by atoms with Gasteiger partial charge in [0.05, 0.1) is 18.8 Å². The zero-order chi connectivity index (χ0) is 24.2. The molecular weight excluding hydrogens is 442 g/mol. The highest BCUT2D eigenvalue weighted by atomic mass is 16.5. The fraction of sp³-hybridized carbons (Fsp3) is 0.286. The third-order valence-electron chi connectivity index (χ3n) is 7.25. The van der Waals surface area contributed by atoms with Crippen LogP contribution in [0.1, 0.15) is 46.4 Å². The van der Waals surface area contributed by atoms with E-state index in [0.29, 0.717) is 36.5 Å². The van der Waals surface area contributed by atoms with Gasteiger partial charge in [-0.05, 0) is 60.9 Å². The summed E-state index contributed by atoms with van der Waals surface area (Å²) in [6.45, 7) is 3.18. The number of anilines is 1. The third kappa shape index (κ3) is 3.58. The van der Waals surface area contributed by atoms with E-state index in [9.17, 15) is 9.59 Å². The number of carbonyl (C=O) groups is 2. The lowest BCUT2D eigenvalue weighted by Gasteiger charge is -2.50. The Bertz CT molecular complexity index is 1340. The summed E-state index contributed by atoms with van der Waals surface area (Å²) < 4.78 is 11.7. The number of rotatable bonds is 3. The van der Waals surface area contributed by atoms with Crippen LogP contribution >= 0.6 is 0 Å². The molecular formula is C28H27N3O4. The normalized spacial score (nSPS) is 22.5. The van der Waals surface area contributed by atoms with Crippen LogP contribution < -0.4 is 19.7 Å². The topological polar surface area (TPSA) is 71.1 Å². The molecule has 0 aromatic heterocycles. The van der Waals surface area contributed by atoms with Crippen molar-refractivity contribution in [2.45, 2.75) is 38.1 Å². The van der Waals surface area contributed by atoms with E-state index in [4.69, 9.17) is 9.47 Å². The SMILES string of the molecule is COc1ccc2c(c1)C1CC(C)(O2)N(c2cccc(C(=O)N3CCc4ccccc4C3)c2)C(=O)N1. The number of carbonyl (C=O) groups excluding carboxylic acids is 2. The minimum atomic E-state index is -0.889. The molecule has 178 valence electrons. The minimum absolute atomic E-state index is 0.0381. The van der Waals surface area contributed by atoms with Crippen molar-refractivity contribution in [1.82, 2.24) is 10.2 Å². The molecule has 7 nitrogen and oxygen atoms in total. The number of benzene rings is 3. The highest BCUT2D eigenvalue weighted by Gasteiger charge is 2.50. The van der Waals surface area contributed by atoms with Crippen LogP contribution in [0.3, 0.4) is 0 Å². The lowest BCUT2D eigenvalue weighted by Crippen LogP contribution is -2.65. The first-order valence-electron chi connectivity index (χ1n) is 11.9. The summed E-state index contributed by atoms with van der Waals surface area (Å²) in [6, 6.07) is 20.7. The van der Waals surface area contributed by atoms with Crippen LogP contribution in [0.4, 0.5) is 10.5 Å². The van der Waals surface area contributed by atoms with Crippen molar-refractivity contribution in [3.05, 3.63) is 89.0 Å². The number of hydrogen-bond acceptors (Lipinski definition) is 4. The third-order valence-corrected chi connectivity index (χ3v) is 7.25. The molecule has 7 heteroatoms. The minimum Gasteiger partial charge on any atom is -0.497 e. The summed E-state index contributed by atoms with van der Waals surface area (Å²) in [5.41, 5.74) is 3.68. The molecule has 2 bridgehead atoms. The van der Waals surface area contributed by atoms with E-state index < -0.39 is 5.72 Å². The largest absolute Gasteiger partial charge is 0.497 e. The molecule has 6 rings (SSSR count). The van der Waals surface area contributed by atoms with Crippen LogP contribution in [0.2, 0.25) is 0 Å². The van der Waals surface area contributed by atoms with Gasteiger partial charge in [0.1, 0.15) is 11.5 Å². The van der Waals surface area contributed by atoms with Crippen molar-refractivity contribution >= 4 is 17.6 Å². The van der Waals surface area contributed by atoms with Gasteiger partial charge in [-0.25, -0.2) is 4.79 Å². The van der Waals surface area contributed by atoms with E-state index >= 15 is 0 Å². The molecule has 2 atom stereocenters. The van der Waals surface area contributed by atoms with Gasteiger partial charge in [-0.3, -0.25) is 9.69 Å². The summed E-state index contributed by atoms with van der Waals surface area (Å²) in [5, 5.41) is 3.11. The van der Waals surface area contributed by atoms with Crippen LogP contribution in [0.15, 0.2) is 66.7 Å². The lowest BCUT2D eigenvalue weighted by atomic mass is 9.90. The molecule has 3 amide bonds. The summed E-state index contributed by atoms with van der Waals surface area (Å²) in [7, 11) is 1.62. The number of amides is 3. The van der Waals surface area contributed by atoms with E-state index in [1.807, 2.05) is 60.4 Å². The van der Waals surface area contributed by atoms with E-state index in [2.05, 4.69) is 17.4 Å². The van der Waals surface area contributed by atoms with Gasteiger partial charge in [0, 0.05) is 30.6 Å². The first kappa shape index (κ1) is 21.5. The number of methoxy groups -OCH3 is 1. The molecule has 0 aliphatic carbocycles. The highest BCUT2D eigenvalue weighted by molar-refractivity contribution is 5.99. The lowest BCUT2D eigenvalue weighted by molar-refractivity contribution is 0.0376. The Morgan fingerprint density at radius 2 is 1.91 bits per heavy atom. The Morgan fingerprint density at radius 1 is 1.09 bits per heavy atom. The maximum absolute atomic E-state index is 13.4. The van der Waals surface area contributed by atoms with Gasteiger partial charge < -0.3 is 19.7 Å². The van der Waals surface area contributed by atoms with E-state index in [0.717, 1.165) is 17.7 Å². The first-order chi connectivity index (χ1) is 16.9. The number of ether oxygens (including phenoxy) is 2. The zero-order valence-electron chi connectivity index (χ0n) is 19.8. The zero-order valence-corrected chi connectivity index (χ0v) is 19.8. The maximum atomic E-state index is 13.4.